The zero-order valence-electron chi connectivity index (χ0n) is 9.00. The van der Waals surface area contributed by atoms with Gasteiger partial charge >= 0.3 is 6.09 Å². The van der Waals surface area contributed by atoms with E-state index in [9.17, 15) is 4.79 Å². The lowest BCUT2D eigenvalue weighted by atomic mass is 10.2. The van der Waals surface area contributed by atoms with E-state index in [-0.39, 0.29) is 12.1 Å². The molecule has 1 fully saturated rings. The molecule has 84 valence electrons. The first-order valence-electron chi connectivity index (χ1n) is 5.26. The van der Waals surface area contributed by atoms with Crippen molar-refractivity contribution in [3.63, 3.8) is 0 Å². The summed E-state index contributed by atoms with van der Waals surface area (Å²) < 4.78 is 4.96. The summed E-state index contributed by atoms with van der Waals surface area (Å²) in [4.78, 5) is 17.1. The van der Waals surface area contributed by atoms with Crippen LogP contribution in [-0.2, 0) is 11.2 Å². The molecule has 1 aliphatic heterocycles. The van der Waals surface area contributed by atoms with E-state index in [0.717, 1.165) is 12.0 Å². The van der Waals surface area contributed by atoms with Gasteiger partial charge in [-0.2, -0.15) is 0 Å². The molecule has 0 unspecified atom stereocenters. The molecule has 4 nitrogen and oxygen atoms in total. The average molecular weight is 218 g/mol. The molecule has 0 aliphatic carbocycles. The average Bonchev–Trinajstić information content (AvgIpc) is 2.69. The number of nitrogens with zero attached hydrogens (tertiary/aromatic N) is 2. The molecule has 0 spiro atoms. The van der Waals surface area contributed by atoms with Gasteiger partial charge < -0.3 is 4.74 Å². The third-order valence-corrected chi connectivity index (χ3v) is 2.65. The number of amides is 1. The van der Waals surface area contributed by atoms with Crippen molar-refractivity contribution in [1.29, 1.82) is 0 Å². The molecule has 1 amide bonds. The highest BCUT2D eigenvalue weighted by Gasteiger charge is 2.29. The van der Waals surface area contributed by atoms with Crippen molar-refractivity contribution in [1.82, 2.24) is 9.88 Å². The number of pyridine rings is 1. The highest BCUT2D eigenvalue weighted by molar-refractivity contribution is 5.70. The molecule has 16 heavy (non-hydrogen) atoms. The van der Waals surface area contributed by atoms with E-state index in [1.54, 1.807) is 17.2 Å². The van der Waals surface area contributed by atoms with Crippen molar-refractivity contribution < 1.29 is 9.53 Å². The first-order valence-corrected chi connectivity index (χ1v) is 5.26. The lowest BCUT2D eigenvalue weighted by molar-refractivity contribution is 0.158. The molecule has 1 saturated heterocycles. The van der Waals surface area contributed by atoms with Gasteiger partial charge in [0.15, 0.2) is 0 Å². The number of ether oxygens (including phenoxy) is 1. The summed E-state index contributed by atoms with van der Waals surface area (Å²) in [5.41, 5.74) is 1.12. The van der Waals surface area contributed by atoms with E-state index in [1.165, 1.54) is 0 Å². The minimum Gasteiger partial charge on any atom is -0.447 e. The molecular weight excluding hydrogens is 204 g/mol. The molecule has 0 bridgehead atoms. The van der Waals surface area contributed by atoms with Crippen LogP contribution in [0.15, 0.2) is 37.2 Å². The minimum absolute atomic E-state index is 0.00386. The minimum atomic E-state index is -0.256. The number of aromatic nitrogens is 1. The normalized spacial score (nSPS) is 19.6. The lowest BCUT2D eigenvalue weighted by Crippen LogP contribution is -2.33. The molecule has 1 aliphatic rings. The molecular formula is C12H14N2O2. The van der Waals surface area contributed by atoms with Crippen LogP contribution < -0.4 is 0 Å². The molecule has 1 aromatic rings. The standard InChI is InChI=1S/C12H14N2O2/c1-2-11-9-16-12(15)14(11)7-5-10-4-3-6-13-8-10/h2-4,6,8,11H,1,5,7,9H2/t11-/m0/s1. The van der Waals surface area contributed by atoms with Crippen LogP contribution in [0, 0.1) is 0 Å². The number of cyclic esters (lactones) is 1. The van der Waals surface area contributed by atoms with E-state index >= 15 is 0 Å². The van der Waals surface area contributed by atoms with Crippen LogP contribution in [0.4, 0.5) is 4.79 Å². The first kappa shape index (κ1) is 10.7. The Morgan fingerprint density at radius 3 is 3.25 bits per heavy atom. The maximum Gasteiger partial charge on any atom is 0.410 e. The fourth-order valence-corrected chi connectivity index (χ4v) is 1.71. The molecule has 2 heterocycles. The highest BCUT2D eigenvalue weighted by atomic mass is 16.6. The van der Waals surface area contributed by atoms with Crippen molar-refractivity contribution >= 4 is 6.09 Å². The van der Waals surface area contributed by atoms with Gasteiger partial charge in [-0.15, -0.1) is 6.58 Å². The van der Waals surface area contributed by atoms with Gasteiger partial charge in [0.25, 0.3) is 0 Å². The van der Waals surface area contributed by atoms with Gasteiger partial charge in [0, 0.05) is 18.9 Å². The number of rotatable bonds is 4. The Balaban J connectivity index is 1.94. The van der Waals surface area contributed by atoms with Crippen LogP contribution in [0.3, 0.4) is 0 Å². The monoisotopic (exact) mass is 218 g/mol. The summed E-state index contributed by atoms with van der Waals surface area (Å²) in [6, 6.07) is 3.89. The van der Waals surface area contributed by atoms with E-state index in [1.807, 2.05) is 18.3 Å². The van der Waals surface area contributed by atoms with Crippen LogP contribution >= 0.6 is 0 Å². The Bertz CT molecular complexity index is 378. The van der Waals surface area contributed by atoms with Gasteiger partial charge in [-0.1, -0.05) is 12.1 Å². The highest BCUT2D eigenvalue weighted by Crippen LogP contribution is 2.13. The van der Waals surface area contributed by atoms with E-state index in [2.05, 4.69) is 11.6 Å². The van der Waals surface area contributed by atoms with Crippen molar-refractivity contribution in [2.24, 2.45) is 0 Å². The third-order valence-electron chi connectivity index (χ3n) is 2.65. The van der Waals surface area contributed by atoms with Gasteiger partial charge in [-0.25, -0.2) is 4.79 Å². The number of carbonyl (C=O) groups is 1. The molecule has 1 atom stereocenters. The summed E-state index contributed by atoms with van der Waals surface area (Å²) in [6.45, 7) is 4.75. The van der Waals surface area contributed by atoms with E-state index in [4.69, 9.17) is 4.74 Å². The summed E-state index contributed by atoms with van der Waals surface area (Å²) in [5.74, 6) is 0. The second kappa shape index (κ2) is 4.79. The maximum absolute atomic E-state index is 11.4. The maximum atomic E-state index is 11.4. The predicted molar refractivity (Wildman–Crippen MR) is 60.0 cm³/mol. The Hall–Kier alpha value is -1.84. The van der Waals surface area contributed by atoms with Crippen LogP contribution in [0.1, 0.15) is 5.56 Å². The summed E-state index contributed by atoms with van der Waals surface area (Å²) >= 11 is 0. The van der Waals surface area contributed by atoms with Crippen LogP contribution in [0.25, 0.3) is 0 Å². The number of hydrogen-bond acceptors (Lipinski definition) is 3. The quantitative estimate of drug-likeness (QED) is 0.721. The Labute approximate surface area is 94.5 Å². The van der Waals surface area contributed by atoms with Gasteiger partial charge in [0.05, 0.1) is 6.04 Å². The van der Waals surface area contributed by atoms with Gasteiger partial charge in [0.2, 0.25) is 0 Å². The Morgan fingerprint density at radius 2 is 2.56 bits per heavy atom. The van der Waals surface area contributed by atoms with Gasteiger partial charge in [-0.3, -0.25) is 9.88 Å². The molecule has 0 radical (unpaired) electrons. The van der Waals surface area contributed by atoms with E-state index in [0.29, 0.717) is 13.2 Å². The zero-order valence-corrected chi connectivity index (χ0v) is 9.00. The van der Waals surface area contributed by atoms with Gasteiger partial charge in [0.1, 0.15) is 6.61 Å². The fourth-order valence-electron chi connectivity index (χ4n) is 1.71. The summed E-state index contributed by atoms with van der Waals surface area (Å²) in [7, 11) is 0. The number of hydrogen-bond donors (Lipinski definition) is 0. The second-order valence-corrected chi connectivity index (χ2v) is 3.68. The van der Waals surface area contributed by atoms with Crippen molar-refractivity contribution in [2.45, 2.75) is 12.5 Å². The molecule has 0 saturated carbocycles. The van der Waals surface area contributed by atoms with Crippen LogP contribution in [-0.4, -0.2) is 35.2 Å². The summed E-state index contributed by atoms with van der Waals surface area (Å²) in [5, 5.41) is 0. The number of carbonyl (C=O) groups excluding carboxylic acids is 1. The summed E-state index contributed by atoms with van der Waals surface area (Å²) in [6.07, 6.45) is 5.82. The van der Waals surface area contributed by atoms with Crippen molar-refractivity contribution in [3.8, 4) is 0 Å². The predicted octanol–water partition coefficient (Wildman–Crippen LogP) is 1.63. The Kier molecular flexibility index (Phi) is 3.19. The van der Waals surface area contributed by atoms with Crippen molar-refractivity contribution in [2.75, 3.05) is 13.2 Å². The molecule has 2 rings (SSSR count). The fraction of sp³-hybridized carbons (Fsp3) is 0.333. The second-order valence-electron chi connectivity index (χ2n) is 3.68. The molecule has 4 heteroatoms. The first-order chi connectivity index (χ1) is 7.81. The molecule has 1 aromatic heterocycles. The van der Waals surface area contributed by atoms with E-state index < -0.39 is 0 Å². The largest absolute Gasteiger partial charge is 0.447 e. The van der Waals surface area contributed by atoms with Crippen LogP contribution in [0.5, 0.6) is 0 Å². The third kappa shape index (κ3) is 2.21. The molecule has 0 aromatic carbocycles. The smallest absolute Gasteiger partial charge is 0.410 e. The topological polar surface area (TPSA) is 42.4 Å². The Morgan fingerprint density at radius 1 is 1.69 bits per heavy atom. The van der Waals surface area contributed by atoms with Gasteiger partial charge in [-0.05, 0) is 18.1 Å². The van der Waals surface area contributed by atoms with Crippen LogP contribution in [0.2, 0.25) is 0 Å². The zero-order chi connectivity index (χ0) is 11.4. The molecule has 0 N–H and O–H groups in total. The SMILES string of the molecule is C=C[C@H]1COC(=O)N1CCc1cccnc1. The lowest BCUT2D eigenvalue weighted by Gasteiger charge is -2.18. The van der Waals surface area contributed by atoms with Crippen molar-refractivity contribution in [3.05, 3.63) is 42.7 Å².